The number of aryl methyl sites for hydroxylation is 2. The minimum Gasteiger partial charge on any atom is -0.493 e. The Kier molecular flexibility index (Phi) is 9.25. The van der Waals surface area contributed by atoms with Crippen molar-refractivity contribution in [3.05, 3.63) is 58.3 Å². The molecular weight excluding hydrogens is 440 g/mol. The third-order valence-electron chi connectivity index (χ3n) is 7.39. The highest BCUT2D eigenvalue weighted by Crippen LogP contribution is 2.34. The zero-order valence-corrected chi connectivity index (χ0v) is 22.1. The lowest BCUT2D eigenvalue weighted by Crippen LogP contribution is -2.07. The quantitative estimate of drug-likeness (QED) is 0.272. The summed E-state index contributed by atoms with van der Waals surface area (Å²) in [5.41, 5.74) is 4.88. The fourth-order valence-electron chi connectivity index (χ4n) is 4.47. The number of carboxylic acid groups (broad SMARTS) is 1. The number of carbonyl (C=O) groups is 1. The zero-order valence-electron chi connectivity index (χ0n) is 22.1. The van der Waals surface area contributed by atoms with Crippen LogP contribution in [0, 0.1) is 25.7 Å². The first-order valence-corrected chi connectivity index (χ1v) is 12.9. The highest BCUT2D eigenvalue weighted by molar-refractivity contribution is 5.83. The lowest BCUT2D eigenvalue weighted by Gasteiger charge is -2.17. The van der Waals surface area contributed by atoms with E-state index in [0.717, 1.165) is 63.3 Å². The smallest absolute Gasteiger partial charge is 0.303 e. The van der Waals surface area contributed by atoms with E-state index in [2.05, 4.69) is 32.9 Å². The van der Waals surface area contributed by atoms with Gasteiger partial charge >= 0.3 is 5.97 Å². The lowest BCUT2D eigenvalue weighted by atomic mass is 9.89. The Labute approximate surface area is 209 Å². The molecule has 2 aromatic carbocycles. The number of furan rings is 1. The van der Waals surface area contributed by atoms with E-state index in [1.807, 2.05) is 39.0 Å². The third-order valence-corrected chi connectivity index (χ3v) is 7.39. The molecule has 1 aromatic heterocycles. The van der Waals surface area contributed by atoms with Gasteiger partial charge in [0.25, 0.3) is 0 Å². The monoisotopic (exact) mass is 480 g/mol. The van der Waals surface area contributed by atoms with E-state index in [-0.39, 0.29) is 6.42 Å². The second-order valence-electron chi connectivity index (χ2n) is 9.66. The Hall–Kier alpha value is -2.95. The van der Waals surface area contributed by atoms with Gasteiger partial charge in [-0.15, -0.1) is 0 Å². The van der Waals surface area contributed by atoms with Crippen LogP contribution in [0.2, 0.25) is 0 Å². The van der Waals surface area contributed by atoms with Crippen LogP contribution in [0.1, 0.15) is 75.0 Å². The summed E-state index contributed by atoms with van der Waals surface area (Å²) in [6.07, 6.45) is 3.85. The van der Waals surface area contributed by atoms with Crippen LogP contribution < -0.4 is 9.47 Å². The molecular formula is C30H40O5. The van der Waals surface area contributed by atoms with Gasteiger partial charge in [-0.25, -0.2) is 0 Å². The van der Waals surface area contributed by atoms with Crippen LogP contribution in [0.4, 0.5) is 0 Å². The Bertz CT molecular complexity index is 1140. The molecule has 0 aliphatic carbocycles. The number of hydrogen-bond donors (Lipinski definition) is 1. The van der Waals surface area contributed by atoms with Gasteiger partial charge in [0, 0.05) is 18.2 Å². The Morgan fingerprint density at radius 1 is 0.971 bits per heavy atom. The molecule has 35 heavy (non-hydrogen) atoms. The number of benzene rings is 2. The molecule has 0 amide bonds. The maximum Gasteiger partial charge on any atom is 0.303 e. The largest absolute Gasteiger partial charge is 0.493 e. The van der Waals surface area contributed by atoms with E-state index in [0.29, 0.717) is 31.5 Å². The molecule has 5 nitrogen and oxygen atoms in total. The summed E-state index contributed by atoms with van der Waals surface area (Å²) in [5.74, 6) is 3.14. The van der Waals surface area contributed by atoms with Crippen molar-refractivity contribution in [1.82, 2.24) is 0 Å². The fourth-order valence-corrected chi connectivity index (χ4v) is 4.47. The molecule has 0 bridgehead atoms. The summed E-state index contributed by atoms with van der Waals surface area (Å²) < 4.78 is 18.5. The van der Waals surface area contributed by atoms with Gasteiger partial charge in [0.1, 0.15) is 29.4 Å². The van der Waals surface area contributed by atoms with E-state index in [9.17, 15) is 4.79 Å². The second-order valence-corrected chi connectivity index (χ2v) is 9.66. The van der Waals surface area contributed by atoms with E-state index >= 15 is 0 Å². The van der Waals surface area contributed by atoms with Crippen LogP contribution in [0.15, 0.2) is 34.7 Å². The molecule has 3 rings (SSSR count). The molecule has 190 valence electrons. The van der Waals surface area contributed by atoms with Crippen LogP contribution in [0.25, 0.3) is 11.0 Å². The van der Waals surface area contributed by atoms with Crippen molar-refractivity contribution in [3.8, 4) is 11.5 Å². The van der Waals surface area contributed by atoms with Crippen molar-refractivity contribution in [2.24, 2.45) is 11.8 Å². The summed E-state index contributed by atoms with van der Waals surface area (Å²) in [7, 11) is 0. The standard InChI is InChI=1S/C30H40O5/c1-7-19(3)20(4)9-13-25-17-24-11-15-28(33-8-2)26(30(24)35-25)18-34-27-14-10-23(12-16-29(31)32)21(5)22(27)6/h10-11,14-15,17,19-20H,7-9,12-13,16,18H2,1-6H3,(H,31,32). The lowest BCUT2D eigenvalue weighted by molar-refractivity contribution is -0.136. The van der Waals surface area contributed by atoms with Gasteiger partial charge in [0.2, 0.25) is 0 Å². The predicted octanol–water partition coefficient (Wildman–Crippen LogP) is 7.66. The van der Waals surface area contributed by atoms with Crippen LogP contribution in [-0.4, -0.2) is 17.7 Å². The minimum absolute atomic E-state index is 0.122. The summed E-state index contributed by atoms with van der Waals surface area (Å²) in [6, 6.07) is 10.1. The minimum atomic E-state index is -0.786. The van der Waals surface area contributed by atoms with Crippen molar-refractivity contribution >= 4 is 16.9 Å². The molecule has 5 heteroatoms. The molecule has 1 heterocycles. The Morgan fingerprint density at radius 2 is 1.71 bits per heavy atom. The molecule has 0 aliphatic rings. The molecule has 0 spiro atoms. The van der Waals surface area contributed by atoms with Gasteiger partial charge in [-0.05, 0) is 86.4 Å². The number of ether oxygens (including phenoxy) is 2. The van der Waals surface area contributed by atoms with Crippen LogP contribution >= 0.6 is 0 Å². The average molecular weight is 481 g/mol. The molecule has 1 N–H and O–H groups in total. The first-order chi connectivity index (χ1) is 16.7. The van der Waals surface area contributed by atoms with Gasteiger partial charge in [-0.2, -0.15) is 0 Å². The van der Waals surface area contributed by atoms with Gasteiger partial charge in [0.15, 0.2) is 0 Å². The van der Waals surface area contributed by atoms with Gasteiger partial charge < -0.3 is 19.0 Å². The van der Waals surface area contributed by atoms with Gasteiger partial charge in [-0.3, -0.25) is 4.79 Å². The van der Waals surface area contributed by atoms with E-state index < -0.39 is 5.97 Å². The fraction of sp³-hybridized carbons (Fsp3) is 0.500. The molecule has 0 radical (unpaired) electrons. The summed E-state index contributed by atoms with van der Waals surface area (Å²) in [6.45, 7) is 13.8. The van der Waals surface area contributed by atoms with Crippen LogP contribution in [0.3, 0.4) is 0 Å². The number of hydrogen-bond acceptors (Lipinski definition) is 4. The molecule has 3 aromatic rings. The molecule has 0 saturated heterocycles. The van der Waals surface area contributed by atoms with Crippen molar-refractivity contribution in [2.75, 3.05) is 6.61 Å². The summed E-state index contributed by atoms with van der Waals surface area (Å²) >= 11 is 0. The number of aliphatic carboxylic acids is 1. The number of carboxylic acids is 1. The van der Waals surface area contributed by atoms with Crippen molar-refractivity contribution in [3.63, 3.8) is 0 Å². The molecule has 0 fully saturated rings. The first-order valence-electron chi connectivity index (χ1n) is 12.9. The summed E-state index contributed by atoms with van der Waals surface area (Å²) in [4.78, 5) is 11.0. The summed E-state index contributed by atoms with van der Waals surface area (Å²) in [5, 5.41) is 10.1. The van der Waals surface area contributed by atoms with Crippen LogP contribution in [0.5, 0.6) is 11.5 Å². The van der Waals surface area contributed by atoms with Crippen molar-refractivity contribution < 1.29 is 23.8 Å². The maximum absolute atomic E-state index is 11.0. The van der Waals surface area contributed by atoms with Gasteiger partial charge in [-0.1, -0.05) is 33.3 Å². The molecule has 2 unspecified atom stereocenters. The SMILES string of the molecule is CCOc1ccc2cc(CCC(C)C(C)CC)oc2c1COc1ccc(CCC(=O)O)c(C)c1C. The molecule has 2 atom stereocenters. The highest BCUT2D eigenvalue weighted by Gasteiger charge is 2.17. The van der Waals surface area contributed by atoms with Crippen LogP contribution in [-0.2, 0) is 24.2 Å². The van der Waals surface area contributed by atoms with E-state index in [1.165, 1.54) is 6.42 Å². The van der Waals surface area contributed by atoms with Gasteiger partial charge in [0.05, 0.1) is 12.2 Å². The molecule has 0 aliphatic heterocycles. The average Bonchev–Trinajstić information content (AvgIpc) is 3.26. The number of rotatable bonds is 13. The third kappa shape index (κ3) is 6.59. The Morgan fingerprint density at radius 3 is 2.40 bits per heavy atom. The molecule has 0 saturated carbocycles. The normalized spacial score (nSPS) is 13.1. The van der Waals surface area contributed by atoms with E-state index in [1.54, 1.807) is 0 Å². The maximum atomic E-state index is 11.0. The Balaban J connectivity index is 1.83. The predicted molar refractivity (Wildman–Crippen MR) is 141 cm³/mol. The second kappa shape index (κ2) is 12.1. The topological polar surface area (TPSA) is 68.9 Å². The number of fused-ring (bicyclic) bond motifs is 1. The zero-order chi connectivity index (χ0) is 25.5. The van der Waals surface area contributed by atoms with E-state index in [4.69, 9.17) is 19.0 Å². The van der Waals surface area contributed by atoms with Crippen molar-refractivity contribution in [1.29, 1.82) is 0 Å². The first kappa shape index (κ1) is 26.7. The van der Waals surface area contributed by atoms with Crippen molar-refractivity contribution in [2.45, 2.75) is 80.3 Å². The highest BCUT2D eigenvalue weighted by atomic mass is 16.5.